The Hall–Kier alpha value is -0.570. The number of carbonyl (C=O) groups is 1. The molecule has 16 heavy (non-hydrogen) atoms. The van der Waals surface area contributed by atoms with Crippen LogP contribution < -0.4 is 0 Å². The molecular weight excluding hydrogens is 202 g/mol. The zero-order valence-electron chi connectivity index (χ0n) is 10.7. The van der Waals surface area contributed by atoms with Crippen molar-refractivity contribution >= 4 is 5.97 Å². The van der Waals surface area contributed by atoms with Crippen LogP contribution in [0.2, 0.25) is 0 Å². The molecule has 3 atom stereocenters. The first kappa shape index (κ1) is 11.9. The number of likely N-dealkylation sites (tertiary alicyclic amines) is 1. The topological polar surface area (TPSA) is 26.3 Å². The number of likely N-dealkylation sites (N-methyl/N-ethyl adjacent to an activating group) is 1. The van der Waals surface area contributed by atoms with Crippen molar-refractivity contribution in [3.8, 4) is 0 Å². The molecule has 0 bridgehead atoms. The number of quaternary nitrogens is 1. The summed E-state index contributed by atoms with van der Waals surface area (Å²) in [5.74, 6) is 0.640. The Morgan fingerprint density at radius 3 is 2.62 bits per heavy atom. The maximum atomic E-state index is 11.1. The van der Waals surface area contributed by atoms with Crippen LogP contribution in [0.5, 0.6) is 0 Å². The molecule has 2 fully saturated rings. The van der Waals surface area contributed by atoms with E-state index < -0.39 is 0 Å². The van der Waals surface area contributed by atoms with Crippen molar-refractivity contribution in [3.63, 3.8) is 0 Å². The first-order valence-corrected chi connectivity index (χ1v) is 6.49. The number of piperidine rings is 1. The van der Waals surface area contributed by atoms with Crippen LogP contribution in [0.25, 0.3) is 0 Å². The van der Waals surface area contributed by atoms with Gasteiger partial charge >= 0.3 is 5.97 Å². The maximum absolute atomic E-state index is 11.1. The summed E-state index contributed by atoms with van der Waals surface area (Å²) in [5.41, 5.74) is 0. The molecule has 2 aliphatic rings. The highest BCUT2D eigenvalue weighted by Crippen LogP contribution is 2.38. The predicted molar refractivity (Wildman–Crippen MR) is 62.9 cm³/mol. The number of esters is 1. The molecule has 3 heteroatoms. The molecule has 1 saturated heterocycles. The Bertz CT molecular complexity index is 275. The minimum Gasteiger partial charge on any atom is -0.457 e. The Labute approximate surface area is 98.4 Å². The third-order valence-corrected chi connectivity index (χ3v) is 4.34. The average Bonchev–Trinajstić information content (AvgIpc) is 2.15. The lowest BCUT2D eigenvalue weighted by molar-refractivity contribution is -0.928. The Balaban J connectivity index is 2.06. The van der Waals surface area contributed by atoms with Crippen molar-refractivity contribution in [2.75, 3.05) is 20.6 Å². The third kappa shape index (κ3) is 2.40. The van der Waals surface area contributed by atoms with Crippen molar-refractivity contribution in [1.29, 1.82) is 0 Å². The molecule has 0 unspecified atom stereocenters. The van der Waals surface area contributed by atoms with Gasteiger partial charge in [-0.3, -0.25) is 4.79 Å². The summed E-state index contributed by atoms with van der Waals surface area (Å²) >= 11 is 0. The maximum Gasteiger partial charge on any atom is 0.303 e. The molecule has 0 N–H and O–H groups in total. The van der Waals surface area contributed by atoms with Gasteiger partial charge in [0.1, 0.15) is 6.54 Å². The predicted octanol–water partition coefficient (Wildman–Crippen LogP) is 1.96. The highest BCUT2D eigenvalue weighted by Gasteiger charge is 2.45. The van der Waals surface area contributed by atoms with E-state index in [0.717, 1.165) is 29.4 Å². The number of nitrogens with zero attached hydrogens (tertiary/aromatic N) is 1. The molecule has 92 valence electrons. The zero-order chi connectivity index (χ0) is 11.8. The SMILES string of the molecule is CC(=O)O[C@H]1C[C@@H]2CCCC[C@@H]2[N+](C)(C)C1. The third-order valence-electron chi connectivity index (χ3n) is 4.34. The van der Waals surface area contributed by atoms with Gasteiger partial charge in [-0.15, -0.1) is 0 Å². The van der Waals surface area contributed by atoms with E-state index in [1.165, 1.54) is 32.6 Å². The second-order valence-corrected chi connectivity index (χ2v) is 6.04. The van der Waals surface area contributed by atoms with Crippen LogP contribution in [0.3, 0.4) is 0 Å². The summed E-state index contributed by atoms with van der Waals surface area (Å²) < 4.78 is 6.45. The van der Waals surface area contributed by atoms with Gasteiger partial charge in [0.25, 0.3) is 0 Å². The quantitative estimate of drug-likeness (QED) is 0.504. The van der Waals surface area contributed by atoms with Gasteiger partial charge in [0.15, 0.2) is 6.10 Å². The molecule has 1 aliphatic carbocycles. The molecule has 0 amide bonds. The highest BCUT2D eigenvalue weighted by atomic mass is 16.5. The Morgan fingerprint density at radius 1 is 1.25 bits per heavy atom. The van der Waals surface area contributed by atoms with E-state index in [9.17, 15) is 4.79 Å². The van der Waals surface area contributed by atoms with Gasteiger partial charge in [-0.05, 0) is 25.7 Å². The van der Waals surface area contributed by atoms with E-state index in [1.54, 1.807) is 0 Å². The van der Waals surface area contributed by atoms with Gasteiger partial charge in [0.2, 0.25) is 0 Å². The van der Waals surface area contributed by atoms with Crippen LogP contribution >= 0.6 is 0 Å². The summed E-state index contributed by atoms with van der Waals surface area (Å²) in [7, 11) is 4.58. The number of hydrogen-bond acceptors (Lipinski definition) is 2. The zero-order valence-corrected chi connectivity index (χ0v) is 10.7. The second kappa shape index (κ2) is 4.36. The van der Waals surface area contributed by atoms with Crippen molar-refractivity contribution in [1.82, 2.24) is 0 Å². The minimum absolute atomic E-state index is 0.126. The highest BCUT2D eigenvalue weighted by molar-refractivity contribution is 5.66. The Kier molecular flexibility index (Phi) is 3.24. The monoisotopic (exact) mass is 226 g/mol. The first-order chi connectivity index (χ1) is 7.49. The number of ether oxygens (including phenoxy) is 1. The Morgan fingerprint density at radius 2 is 1.94 bits per heavy atom. The van der Waals surface area contributed by atoms with Gasteiger partial charge < -0.3 is 9.22 Å². The molecule has 0 spiro atoms. The molecule has 3 nitrogen and oxygen atoms in total. The standard InChI is InChI=1S/C13H24NO2/c1-10(15)16-12-8-11-6-4-5-7-13(11)14(2,3)9-12/h11-13H,4-9H2,1-3H3/q+1/t11-,12-,13-/m0/s1. The lowest BCUT2D eigenvalue weighted by Gasteiger charge is -2.50. The number of rotatable bonds is 1. The van der Waals surface area contributed by atoms with Gasteiger partial charge in [-0.2, -0.15) is 0 Å². The van der Waals surface area contributed by atoms with Gasteiger partial charge in [0.05, 0.1) is 20.1 Å². The lowest BCUT2D eigenvalue weighted by atomic mass is 9.76. The fourth-order valence-electron chi connectivity index (χ4n) is 3.78. The summed E-state index contributed by atoms with van der Waals surface area (Å²) in [5, 5.41) is 0. The second-order valence-electron chi connectivity index (χ2n) is 6.04. The molecule has 0 aromatic carbocycles. The van der Waals surface area contributed by atoms with Gasteiger partial charge in [-0.25, -0.2) is 0 Å². The number of fused-ring (bicyclic) bond motifs is 1. The number of carbonyl (C=O) groups excluding carboxylic acids is 1. The molecule has 0 aromatic rings. The largest absolute Gasteiger partial charge is 0.457 e. The fourth-order valence-corrected chi connectivity index (χ4v) is 3.78. The summed E-state index contributed by atoms with van der Waals surface area (Å²) in [6.07, 6.45) is 6.64. The first-order valence-electron chi connectivity index (χ1n) is 6.49. The lowest BCUT2D eigenvalue weighted by Crippen LogP contribution is -2.61. The van der Waals surface area contributed by atoms with Crippen LogP contribution in [0.15, 0.2) is 0 Å². The van der Waals surface area contributed by atoms with Crippen molar-refractivity contribution < 1.29 is 14.0 Å². The van der Waals surface area contributed by atoms with Crippen molar-refractivity contribution in [2.45, 2.75) is 51.2 Å². The van der Waals surface area contributed by atoms with Gasteiger partial charge in [-0.1, -0.05) is 6.42 Å². The van der Waals surface area contributed by atoms with E-state index in [4.69, 9.17) is 4.74 Å². The van der Waals surface area contributed by atoms with Crippen LogP contribution in [0.4, 0.5) is 0 Å². The van der Waals surface area contributed by atoms with E-state index in [1.807, 2.05) is 0 Å². The molecular formula is C13H24NO2+. The van der Waals surface area contributed by atoms with Gasteiger partial charge in [0, 0.05) is 12.8 Å². The van der Waals surface area contributed by atoms with Crippen molar-refractivity contribution in [3.05, 3.63) is 0 Å². The molecule has 1 aliphatic heterocycles. The van der Waals surface area contributed by atoms with E-state index in [0.29, 0.717) is 0 Å². The van der Waals surface area contributed by atoms with Crippen LogP contribution in [-0.4, -0.2) is 43.2 Å². The van der Waals surface area contributed by atoms with Crippen molar-refractivity contribution in [2.24, 2.45) is 5.92 Å². The number of hydrogen-bond donors (Lipinski definition) is 0. The summed E-state index contributed by atoms with van der Waals surface area (Å²) in [4.78, 5) is 11.1. The summed E-state index contributed by atoms with van der Waals surface area (Å²) in [6.45, 7) is 2.51. The molecule has 0 aromatic heterocycles. The van der Waals surface area contributed by atoms with E-state index >= 15 is 0 Å². The molecule has 2 rings (SSSR count). The van der Waals surface area contributed by atoms with E-state index in [-0.39, 0.29) is 12.1 Å². The normalized spacial score (nSPS) is 37.6. The molecule has 1 heterocycles. The van der Waals surface area contributed by atoms with Crippen LogP contribution in [-0.2, 0) is 9.53 Å². The van der Waals surface area contributed by atoms with Crippen LogP contribution in [0, 0.1) is 5.92 Å². The molecule has 0 radical (unpaired) electrons. The minimum atomic E-state index is -0.126. The molecule has 1 saturated carbocycles. The smallest absolute Gasteiger partial charge is 0.303 e. The fraction of sp³-hybridized carbons (Fsp3) is 0.923. The van der Waals surface area contributed by atoms with E-state index in [2.05, 4.69) is 14.1 Å². The average molecular weight is 226 g/mol. The summed E-state index contributed by atoms with van der Waals surface area (Å²) in [6, 6.07) is 0.792. The van der Waals surface area contributed by atoms with Crippen LogP contribution in [0.1, 0.15) is 39.0 Å².